The van der Waals surface area contributed by atoms with Crippen LogP contribution in [0.15, 0.2) is 52.9 Å². The van der Waals surface area contributed by atoms with E-state index < -0.39 is 5.82 Å². The maximum Gasteiger partial charge on any atom is 0.234 e. The highest BCUT2D eigenvalue weighted by molar-refractivity contribution is 8.01. The van der Waals surface area contributed by atoms with E-state index in [1.165, 1.54) is 35.2 Å². The van der Waals surface area contributed by atoms with Crippen LogP contribution in [0, 0.1) is 5.82 Å². The molecule has 0 radical (unpaired) electrons. The lowest BCUT2D eigenvalue weighted by molar-refractivity contribution is -0.113. The van der Waals surface area contributed by atoms with Gasteiger partial charge >= 0.3 is 0 Å². The van der Waals surface area contributed by atoms with Crippen molar-refractivity contribution in [2.24, 2.45) is 0 Å². The molecule has 0 saturated carbocycles. The average molecular weight is 390 g/mol. The first-order valence-corrected chi connectivity index (χ1v) is 9.35. The largest absolute Gasteiger partial charge is 0.497 e. The highest BCUT2D eigenvalue weighted by Gasteiger charge is 2.09. The van der Waals surface area contributed by atoms with E-state index in [0.29, 0.717) is 15.2 Å². The molecule has 3 aromatic rings. The fourth-order valence-electron chi connectivity index (χ4n) is 2.01. The number of carbonyl (C=O) groups excluding carboxylic acids is 1. The number of anilines is 3. The lowest BCUT2D eigenvalue weighted by atomic mass is 10.3. The molecule has 2 N–H and O–H groups in total. The topological polar surface area (TPSA) is 76.1 Å². The van der Waals surface area contributed by atoms with Gasteiger partial charge in [-0.05, 0) is 42.5 Å². The highest BCUT2D eigenvalue weighted by atomic mass is 32.2. The van der Waals surface area contributed by atoms with Crippen LogP contribution in [0.25, 0.3) is 0 Å². The van der Waals surface area contributed by atoms with Crippen molar-refractivity contribution in [3.63, 3.8) is 0 Å². The normalized spacial score (nSPS) is 10.4. The third-order valence-corrected chi connectivity index (χ3v) is 5.15. The van der Waals surface area contributed by atoms with Crippen molar-refractivity contribution in [1.82, 2.24) is 10.2 Å². The number of halogens is 1. The molecule has 9 heteroatoms. The van der Waals surface area contributed by atoms with Crippen molar-refractivity contribution in [3.8, 4) is 5.75 Å². The fourth-order valence-corrected chi connectivity index (χ4v) is 3.58. The summed E-state index contributed by atoms with van der Waals surface area (Å²) in [4.78, 5) is 11.9. The summed E-state index contributed by atoms with van der Waals surface area (Å²) in [5.41, 5.74) is 1.29. The number of carbonyl (C=O) groups is 1. The lowest BCUT2D eigenvalue weighted by Gasteiger charge is -2.04. The van der Waals surface area contributed by atoms with E-state index in [1.54, 1.807) is 19.2 Å². The molecule has 0 fully saturated rings. The van der Waals surface area contributed by atoms with Gasteiger partial charge in [-0.2, -0.15) is 0 Å². The zero-order valence-electron chi connectivity index (χ0n) is 13.7. The SMILES string of the molecule is COc1ccc(Nc2nnc(SCC(=O)Nc3cccc(F)c3)s2)cc1. The highest BCUT2D eigenvalue weighted by Crippen LogP contribution is 2.28. The van der Waals surface area contributed by atoms with Gasteiger partial charge in [0, 0.05) is 11.4 Å². The van der Waals surface area contributed by atoms with Crippen molar-refractivity contribution in [2.75, 3.05) is 23.5 Å². The van der Waals surface area contributed by atoms with Crippen molar-refractivity contribution in [3.05, 3.63) is 54.3 Å². The Morgan fingerprint density at radius 1 is 1.19 bits per heavy atom. The second kappa shape index (κ2) is 8.63. The summed E-state index contributed by atoms with van der Waals surface area (Å²) in [6.45, 7) is 0. The van der Waals surface area contributed by atoms with Gasteiger partial charge in [-0.1, -0.05) is 29.2 Å². The Hall–Kier alpha value is -2.65. The number of nitrogens with zero attached hydrogens (tertiary/aromatic N) is 2. The van der Waals surface area contributed by atoms with E-state index in [0.717, 1.165) is 11.4 Å². The number of hydrogen-bond donors (Lipinski definition) is 2. The Kier molecular flexibility index (Phi) is 6.03. The average Bonchev–Trinajstić information content (AvgIpc) is 3.08. The van der Waals surface area contributed by atoms with Crippen LogP contribution in [-0.2, 0) is 4.79 Å². The van der Waals surface area contributed by atoms with Gasteiger partial charge in [0.1, 0.15) is 11.6 Å². The zero-order chi connectivity index (χ0) is 18.4. The molecule has 2 aromatic carbocycles. The van der Waals surface area contributed by atoms with Crippen molar-refractivity contribution in [2.45, 2.75) is 4.34 Å². The van der Waals surface area contributed by atoms with E-state index in [9.17, 15) is 9.18 Å². The second-order valence-corrected chi connectivity index (χ2v) is 7.27. The standard InChI is InChI=1S/C17H15FN4O2S2/c1-24-14-7-5-12(6-8-14)20-16-21-22-17(26-16)25-10-15(23)19-13-4-2-3-11(18)9-13/h2-9H,10H2,1H3,(H,19,23)(H,20,21). The lowest BCUT2D eigenvalue weighted by Crippen LogP contribution is -2.13. The molecule has 134 valence electrons. The van der Waals surface area contributed by atoms with Gasteiger partial charge in [-0.15, -0.1) is 10.2 Å². The van der Waals surface area contributed by atoms with E-state index in [4.69, 9.17) is 4.74 Å². The number of rotatable bonds is 7. The quantitative estimate of drug-likeness (QED) is 0.590. The summed E-state index contributed by atoms with van der Waals surface area (Å²) in [5.74, 6) is 0.302. The summed E-state index contributed by atoms with van der Waals surface area (Å²) in [5, 5.41) is 14.5. The minimum Gasteiger partial charge on any atom is -0.497 e. The van der Waals surface area contributed by atoms with E-state index in [2.05, 4.69) is 20.8 Å². The van der Waals surface area contributed by atoms with E-state index in [-0.39, 0.29) is 11.7 Å². The molecule has 3 rings (SSSR count). The molecule has 0 spiro atoms. The number of hydrogen-bond acceptors (Lipinski definition) is 7. The maximum absolute atomic E-state index is 13.1. The first-order chi connectivity index (χ1) is 12.6. The summed E-state index contributed by atoms with van der Waals surface area (Å²) in [6, 6.07) is 13.2. The molecule has 26 heavy (non-hydrogen) atoms. The van der Waals surface area contributed by atoms with Crippen LogP contribution in [0.4, 0.5) is 20.9 Å². The van der Waals surface area contributed by atoms with Crippen LogP contribution in [0.1, 0.15) is 0 Å². The molecule has 6 nitrogen and oxygen atoms in total. The number of thioether (sulfide) groups is 1. The van der Waals surface area contributed by atoms with Gasteiger partial charge in [0.15, 0.2) is 4.34 Å². The molecule has 1 aromatic heterocycles. The van der Waals surface area contributed by atoms with Gasteiger partial charge in [-0.25, -0.2) is 4.39 Å². The molecule has 0 unspecified atom stereocenters. The van der Waals surface area contributed by atoms with Crippen LogP contribution in [0.5, 0.6) is 5.75 Å². The van der Waals surface area contributed by atoms with Crippen LogP contribution in [0.2, 0.25) is 0 Å². The van der Waals surface area contributed by atoms with Gasteiger partial charge < -0.3 is 15.4 Å². The second-order valence-electron chi connectivity index (χ2n) is 5.07. The minimum absolute atomic E-state index is 0.160. The molecular formula is C17H15FN4O2S2. The number of aromatic nitrogens is 2. The Morgan fingerprint density at radius 2 is 2.00 bits per heavy atom. The predicted molar refractivity (Wildman–Crippen MR) is 102 cm³/mol. The van der Waals surface area contributed by atoms with Gasteiger partial charge in [0.05, 0.1) is 12.9 Å². The van der Waals surface area contributed by atoms with Crippen molar-refractivity contribution >= 4 is 45.5 Å². The minimum atomic E-state index is -0.395. The first kappa shape index (κ1) is 18.2. The smallest absolute Gasteiger partial charge is 0.234 e. The third kappa shape index (κ3) is 5.17. The molecule has 0 atom stereocenters. The van der Waals surface area contributed by atoms with E-state index >= 15 is 0 Å². The van der Waals surface area contributed by atoms with Gasteiger partial charge in [0.2, 0.25) is 11.0 Å². The number of nitrogens with one attached hydrogen (secondary N) is 2. The van der Waals surface area contributed by atoms with E-state index in [1.807, 2.05) is 24.3 Å². The summed E-state index contributed by atoms with van der Waals surface area (Å²) in [7, 11) is 1.61. The summed E-state index contributed by atoms with van der Waals surface area (Å²) < 4.78 is 18.9. The number of benzene rings is 2. The summed E-state index contributed by atoms with van der Waals surface area (Å²) in [6.07, 6.45) is 0. The molecule has 1 heterocycles. The van der Waals surface area contributed by atoms with Crippen molar-refractivity contribution < 1.29 is 13.9 Å². The van der Waals surface area contributed by atoms with Crippen LogP contribution in [-0.4, -0.2) is 29.0 Å². The van der Waals surface area contributed by atoms with Crippen LogP contribution < -0.4 is 15.4 Å². The molecule has 0 saturated heterocycles. The molecule has 0 aliphatic heterocycles. The predicted octanol–water partition coefficient (Wildman–Crippen LogP) is 4.16. The summed E-state index contributed by atoms with van der Waals surface area (Å²) >= 11 is 2.62. The molecule has 0 bridgehead atoms. The Morgan fingerprint density at radius 3 is 2.73 bits per heavy atom. The van der Waals surface area contributed by atoms with Gasteiger partial charge in [0.25, 0.3) is 0 Å². The van der Waals surface area contributed by atoms with Gasteiger partial charge in [-0.3, -0.25) is 4.79 Å². The fraction of sp³-hybridized carbons (Fsp3) is 0.118. The monoisotopic (exact) mass is 390 g/mol. The van der Waals surface area contributed by atoms with Crippen LogP contribution in [0.3, 0.4) is 0 Å². The maximum atomic E-state index is 13.1. The number of ether oxygens (including phenoxy) is 1. The Balaban J connectivity index is 1.50. The zero-order valence-corrected chi connectivity index (χ0v) is 15.4. The van der Waals surface area contributed by atoms with Crippen molar-refractivity contribution in [1.29, 1.82) is 0 Å². The number of amides is 1. The number of methoxy groups -OCH3 is 1. The molecule has 0 aliphatic rings. The molecule has 0 aliphatic carbocycles. The Labute approximate surface area is 157 Å². The van der Waals surface area contributed by atoms with Crippen LogP contribution >= 0.6 is 23.1 Å². The molecular weight excluding hydrogens is 375 g/mol. The Bertz CT molecular complexity index is 886. The third-order valence-electron chi connectivity index (χ3n) is 3.18. The first-order valence-electron chi connectivity index (χ1n) is 7.55. The molecule has 1 amide bonds.